The summed E-state index contributed by atoms with van der Waals surface area (Å²) in [6.07, 6.45) is 5.24. The Hall–Kier alpha value is -4.10. The van der Waals surface area contributed by atoms with Crippen LogP contribution in [-0.2, 0) is 38.5 Å². The van der Waals surface area contributed by atoms with Crippen LogP contribution in [0.5, 0.6) is 0 Å². The molecule has 0 fully saturated rings. The van der Waals surface area contributed by atoms with Gasteiger partial charge in [-0.15, -0.1) is 0 Å². The Morgan fingerprint density at radius 1 is 0.786 bits per heavy atom. The van der Waals surface area contributed by atoms with Gasteiger partial charge >= 0.3 is 11.9 Å². The van der Waals surface area contributed by atoms with E-state index in [4.69, 9.17) is 14.6 Å². The molecule has 0 heterocycles. The average Bonchev–Trinajstić information content (AvgIpc) is 2.99. The zero-order chi connectivity index (χ0) is 30.6. The molecule has 0 atom stereocenters. The van der Waals surface area contributed by atoms with E-state index >= 15 is 8.78 Å². The van der Waals surface area contributed by atoms with Crippen LogP contribution in [0.3, 0.4) is 0 Å². The van der Waals surface area contributed by atoms with E-state index in [1.54, 1.807) is 30.3 Å². The van der Waals surface area contributed by atoms with Gasteiger partial charge in [0.2, 0.25) is 0 Å². The number of rotatable bonds is 15. The van der Waals surface area contributed by atoms with Gasteiger partial charge in [0.15, 0.2) is 11.6 Å². The zero-order valence-electron chi connectivity index (χ0n) is 24.3. The van der Waals surface area contributed by atoms with Crippen LogP contribution in [0.2, 0.25) is 0 Å². The Kier molecular flexibility index (Phi) is 12.2. The summed E-state index contributed by atoms with van der Waals surface area (Å²) in [5.41, 5.74) is 4.07. The van der Waals surface area contributed by atoms with Crippen molar-refractivity contribution in [2.45, 2.75) is 59.0 Å². The summed E-state index contributed by atoms with van der Waals surface area (Å²) < 4.78 is 41.2. The molecule has 0 aliphatic rings. The summed E-state index contributed by atoms with van der Waals surface area (Å²) >= 11 is 0. The van der Waals surface area contributed by atoms with Crippen LogP contribution >= 0.6 is 0 Å². The molecule has 222 valence electrons. The van der Waals surface area contributed by atoms with Crippen molar-refractivity contribution in [1.82, 2.24) is 0 Å². The van der Waals surface area contributed by atoms with Crippen LogP contribution in [0.1, 0.15) is 56.2 Å². The number of hydrogen-bond donors (Lipinski definition) is 1. The second-order valence-electron chi connectivity index (χ2n) is 10.3. The number of aliphatic hydroxyl groups excluding tert-OH is 1. The van der Waals surface area contributed by atoms with E-state index in [0.717, 1.165) is 31.2 Å². The van der Waals surface area contributed by atoms with Gasteiger partial charge in [0, 0.05) is 16.7 Å². The van der Waals surface area contributed by atoms with E-state index in [1.165, 1.54) is 12.5 Å². The minimum absolute atomic E-state index is 0.0357. The number of carbonyl (C=O) groups excluding carboxylic acids is 2. The molecular formula is C35H38F2O5. The summed E-state index contributed by atoms with van der Waals surface area (Å²) in [5, 5.41) is 8.99. The van der Waals surface area contributed by atoms with Crippen LogP contribution in [0.15, 0.2) is 78.9 Å². The highest BCUT2D eigenvalue weighted by atomic mass is 19.2. The minimum Gasteiger partial charge on any atom is -0.462 e. The standard InChI is InChI=1S/C35H38F2O5/c1-5-6-7-9-25-11-13-27(14-12-25)30-17-18-31(33(37)32(30)36)28-16-15-26(10-8-19-41-35(40)24(4)21-38)29(20-28)22-42-34(39)23(2)3/h11-18,20,38H,2,4-10,19,21-22H2,1,3H3. The quantitative estimate of drug-likeness (QED) is 0.114. The van der Waals surface area contributed by atoms with Crippen molar-refractivity contribution < 1.29 is 33.0 Å². The third-order valence-electron chi connectivity index (χ3n) is 6.94. The first-order valence-corrected chi connectivity index (χ1v) is 14.1. The van der Waals surface area contributed by atoms with E-state index in [-0.39, 0.29) is 35.5 Å². The fraction of sp³-hybridized carbons (Fsp3) is 0.314. The van der Waals surface area contributed by atoms with Crippen LogP contribution < -0.4 is 0 Å². The van der Waals surface area contributed by atoms with Gasteiger partial charge < -0.3 is 14.6 Å². The van der Waals surface area contributed by atoms with Crippen LogP contribution in [-0.4, -0.2) is 30.3 Å². The highest BCUT2D eigenvalue weighted by molar-refractivity contribution is 5.88. The topological polar surface area (TPSA) is 72.8 Å². The molecule has 0 aromatic heterocycles. The van der Waals surface area contributed by atoms with E-state index in [9.17, 15) is 9.59 Å². The molecule has 1 N–H and O–H groups in total. The van der Waals surface area contributed by atoms with Gasteiger partial charge in [-0.05, 0) is 66.5 Å². The molecule has 0 saturated carbocycles. The maximum absolute atomic E-state index is 15.4. The second-order valence-corrected chi connectivity index (χ2v) is 10.3. The Bertz CT molecular complexity index is 1430. The van der Waals surface area contributed by atoms with E-state index < -0.39 is 30.2 Å². The summed E-state index contributed by atoms with van der Waals surface area (Å²) in [6, 6.07) is 15.8. The molecule has 42 heavy (non-hydrogen) atoms. The molecule has 7 heteroatoms. The Labute approximate surface area is 246 Å². The van der Waals surface area contributed by atoms with Crippen LogP contribution in [0.25, 0.3) is 22.3 Å². The fourth-order valence-corrected chi connectivity index (χ4v) is 4.46. The van der Waals surface area contributed by atoms with Gasteiger partial charge in [0.05, 0.1) is 18.8 Å². The van der Waals surface area contributed by atoms with E-state index in [0.29, 0.717) is 29.5 Å². The molecule has 0 unspecified atom stereocenters. The minimum atomic E-state index is -0.965. The first kappa shape index (κ1) is 32.4. The third-order valence-corrected chi connectivity index (χ3v) is 6.94. The molecule has 0 aliphatic carbocycles. The predicted octanol–water partition coefficient (Wildman–Crippen LogP) is 7.68. The van der Waals surface area contributed by atoms with Gasteiger partial charge in [-0.25, -0.2) is 18.4 Å². The number of carbonyl (C=O) groups is 2. The second kappa shape index (κ2) is 15.8. The number of aryl methyl sites for hydroxylation is 2. The molecule has 3 rings (SSSR count). The molecule has 0 spiro atoms. The smallest absolute Gasteiger partial charge is 0.335 e. The molecule has 3 aromatic rings. The maximum atomic E-state index is 15.4. The van der Waals surface area contributed by atoms with Crippen LogP contribution in [0.4, 0.5) is 8.78 Å². The third kappa shape index (κ3) is 8.70. The van der Waals surface area contributed by atoms with Crippen molar-refractivity contribution >= 4 is 11.9 Å². The monoisotopic (exact) mass is 576 g/mol. The SMILES string of the molecule is C=C(C)C(=O)OCc1cc(-c2ccc(-c3ccc(CCCCC)cc3)c(F)c2F)ccc1CCCOC(=O)C(=C)CO. The van der Waals surface area contributed by atoms with Crippen molar-refractivity contribution in [3.8, 4) is 22.3 Å². The number of ether oxygens (including phenoxy) is 2. The van der Waals surface area contributed by atoms with Crippen molar-refractivity contribution in [2.75, 3.05) is 13.2 Å². The van der Waals surface area contributed by atoms with Gasteiger partial charge in [-0.1, -0.05) is 81.5 Å². The van der Waals surface area contributed by atoms with Gasteiger partial charge in [0.1, 0.15) is 6.61 Å². The number of aliphatic hydroxyl groups is 1. The predicted molar refractivity (Wildman–Crippen MR) is 161 cm³/mol. The van der Waals surface area contributed by atoms with Crippen molar-refractivity contribution in [3.05, 3.63) is 107 Å². The van der Waals surface area contributed by atoms with Crippen molar-refractivity contribution in [1.29, 1.82) is 0 Å². The zero-order valence-corrected chi connectivity index (χ0v) is 24.3. The lowest BCUT2D eigenvalue weighted by molar-refractivity contribution is -0.140. The maximum Gasteiger partial charge on any atom is 0.335 e. The molecule has 3 aromatic carbocycles. The normalized spacial score (nSPS) is 10.8. The molecule has 0 bridgehead atoms. The van der Waals surface area contributed by atoms with Crippen molar-refractivity contribution in [2.24, 2.45) is 0 Å². The fourth-order valence-electron chi connectivity index (χ4n) is 4.46. The molecule has 5 nitrogen and oxygen atoms in total. The summed E-state index contributed by atoms with van der Waals surface area (Å²) in [6.45, 7) is 10.2. The van der Waals surface area contributed by atoms with Gasteiger partial charge in [-0.3, -0.25) is 0 Å². The molecule has 0 aliphatic heterocycles. The number of esters is 2. The highest BCUT2D eigenvalue weighted by Gasteiger charge is 2.18. The number of benzene rings is 3. The highest BCUT2D eigenvalue weighted by Crippen LogP contribution is 2.33. The first-order chi connectivity index (χ1) is 20.2. The molecule has 0 saturated heterocycles. The lowest BCUT2D eigenvalue weighted by atomic mass is 9.94. The summed E-state index contributed by atoms with van der Waals surface area (Å²) in [7, 11) is 0. The average molecular weight is 577 g/mol. The van der Waals surface area contributed by atoms with Crippen LogP contribution in [0, 0.1) is 11.6 Å². The Morgan fingerprint density at radius 2 is 1.43 bits per heavy atom. The van der Waals surface area contributed by atoms with E-state index in [1.807, 2.05) is 24.3 Å². The Balaban J connectivity index is 1.83. The largest absolute Gasteiger partial charge is 0.462 e. The molecule has 0 radical (unpaired) electrons. The summed E-state index contributed by atoms with van der Waals surface area (Å²) in [4.78, 5) is 23.8. The summed E-state index contributed by atoms with van der Waals surface area (Å²) in [5.74, 6) is -3.14. The molecular weight excluding hydrogens is 538 g/mol. The van der Waals surface area contributed by atoms with Gasteiger partial charge in [-0.2, -0.15) is 0 Å². The Morgan fingerprint density at radius 3 is 2.05 bits per heavy atom. The van der Waals surface area contributed by atoms with Crippen molar-refractivity contribution in [3.63, 3.8) is 0 Å². The lowest BCUT2D eigenvalue weighted by Crippen LogP contribution is -2.11. The number of hydrogen-bond acceptors (Lipinski definition) is 5. The molecule has 0 amide bonds. The van der Waals surface area contributed by atoms with Gasteiger partial charge in [0.25, 0.3) is 0 Å². The first-order valence-electron chi connectivity index (χ1n) is 14.1. The lowest BCUT2D eigenvalue weighted by Gasteiger charge is -2.15. The number of halogens is 2. The van der Waals surface area contributed by atoms with E-state index in [2.05, 4.69) is 20.1 Å². The number of unbranched alkanes of at least 4 members (excludes halogenated alkanes) is 2.